The van der Waals surface area contributed by atoms with E-state index < -0.39 is 0 Å². The van der Waals surface area contributed by atoms with Gasteiger partial charge in [-0.25, -0.2) is 4.39 Å². The van der Waals surface area contributed by atoms with Crippen LogP contribution in [-0.4, -0.2) is 6.04 Å². The van der Waals surface area contributed by atoms with Crippen molar-refractivity contribution in [3.05, 3.63) is 71.5 Å². The van der Waals surface area contributed by atoms with Crippen LogP contribution in [0.3, 0.4) is 0 Å². The van der Waals surface area contributed by atoms with E-state index in [1.807, 2.05) is 18.2 Å². The average Bonchev–Trinajstić information content (AvgIpc) is 2.92. The van der Waals surface area contributed by atoms with Gasteiger partial charge in [0.2, 0.25) is 0 Å². The molecule has 0 bridgehead atoms. The summed E-state index contributed by atoms with van der Waals surface area (Å²) in [4.78, 5) is 0. The van der Waals surface area contributed by atoms with Crippen molar-refractivity contribution in [3.63, 3.8) is 0 Å². The van der Waals surface area contributed by atoms with Crippen LogP contribution in [-0.2, 0) is 0 Å². The first kappa shape index (κ1) is 14.3. The van der Waals surface area contributed by atoms with Gasteiger partial charge in [-0.15, -0.1) is 0 Å². The van der Waals surface area contributed by atoms with Gasteiger partial charge in [-0.05, 0) is 42.0 Å². The lowest BCUT2D eigenvalue weighted by atomic mass is 9.96. The van der Waals surface area contributed by atoms with Gasteiger partial charge < -0.3 is 5.32 Å². The molecular formula is C19H22FN. The van der Waals surface area contributed by atoms with Crippen molar-refractivity contribution in [3.8, 4) is 0 Å². The summed E-state index contributed by atoms with van der Waals surface area (Å²) in [6, 6.07) is 18.0. The summed E-state index contributed by atoms with van der Waals surface area (Å²) in [5.74, 6) is 0.524. The maximum atomic E-state index is 13.2. The third-order valence-electron chi connectivity index (χ3n) is 4.58. The quantitative estimate of drug-likeness (QED) is 0.858. The van der Waals surface area contributed by atoms with Gasteiger partial charge in [0.25, 0.3) is 0 Å². The Morgan fingerprint density at radius 3 is 2.24 bits per heavy atom. The Kier molecular flexibility index (Phi) is 4.35. The smallest absolute Gasteiger partial charge is 0.123 e. The second-order valence-corrected chi connectivity index (χ2v) is 6.08. The van der Waals surface area contributed by atoms with Gasteiger partial charge in [0, 0.05) is 6.04 Å². The van der Waals surface area contributed by atoms with E-state index in [1.165, 1.54) is 24.8 Å². The Morgan fingerprint density at radius 2 is 1.62 bits per heavy atom. The predicted molar refractivity (Wildman–Crippen MR) is 84.6 cm³/mol. The lowest BCUT2D eigenvalue weighted by Gasteiger charge is -2.26. The van der Waals surface area contributed by atoms with Gasteiger partial charge in [-0.1, -0.05) is 55.8 Å². The van der Waals surface area contributed by atoms with Crippen molar-refractivity contribution in [1.82, 2.24) is 5.32 Å². The molecule has 0 saturated heterocycles. The van der Waals surface area contributed by atoms with Crippen LogP contribution < -0.4 is 5.32 Å². The fourth-order valence-electron chi connectivity index (χ4n) is 3.29. The molecule has 0 aliphatic heterocycles. The van der Waals surface area contributed by atoms with Crippen LogP contribution in [0, 0.1) is 11.7 Å². The molecule has 1 nitrogen and oxygen atoms in total. The molecule has 0 radical (unpaired) electrons. The molecule has 1 aliphatic rings. The summed E-state index contributed by atoms with van der Waals surface area (Å²) in [6.07, 6.45) is 3.82. The van der Waals surface area contributed by atoms with Crippen molar-refractivity contribution in [2.24, 2.45) is 5.92 Å². The molecule has 2 aromatic carbocycles. The Balaban J connectivity index is 1.89. The number of nitrogens with one attached hydrogen (secondary N) is 1. The SMILES string of the molecule is CC1CCCC1NC(c1ccccc1)c1ccc(F)cc1. The van der Waals surface area contributed by atoms with Gasteiger partial charge in [0.15, 0.2) is 0 Å². The topological polar surface area (TPSA) is 12.0 Å². The molecule has 3 atom stereocenters. The zero-order valence-electron chi connectivity index (χ0n) is 12.4. The summed E-state index contributed by atoms with van der Waals surface area (Å²) in [7, 11) is 0. The predicted octanol–water partition coefficient (Wildman–Crippen LogP) is 4.69. The highest BCUT2D eigenvalue weighted by molar-refractivity contribution is 5.32. The number of rotatable bonds is 4. The molecule has 3 unspecified atom stereocenters. The van der Waals surface area contributed by atoms with Crippen molar-refractivity contribution in [2.45, 2.75) is 38.3 Å². The highest BCUT2D eigenvalue weighted by Crippen LogP contribution is 2.30. The van der Waals surface area contributed by atoms with Gasteiger partial charge >= 0.3 is 0 Å². The van der Waals surface area contributed by atoms with E-state index in [-0.39, 0.29) is 11.9 Å². The minimum Gasteiger partial charge on any atom is -0.303 e. The summed E-state index contributed by atoms with van der Waals surface area (Å²) >= 11 is 0. The monoisotopic (exact) mass is 283 g/mol. The molecule has 1 fully saturated rings. The third kappa shape index (κ3) is 3.33. The standard InChI is InChI=1S/C19H22FN/c1-14-6-5-9-18(14)21-19(15-7-3-2-4-8-15)16-10-12-17(20)13-11-16/h2-4,7-8,10-14,18-19,21H,5-6,9H2,1H3. The first-order chi connectivity index (χ1) is 10.2. The molecule has 1 saturated carbocycles. The van der Waals surface area contributed by atoms with Crippen LogP contribution in [0.15, 0.2) is 54.6 Å². The molecule has 2 heteroatoms. The molecule has 1 aliphatic carbocycles. The van der Waals surface area contributed by atoms with Gasteiger partial charge in [-0.2, -0.15) is 0 Å². The highest BCUT2D eigenvalue weighted by atomic mass is 19.1. The van der Waals surface area contributed by atoms with Crippen LogP contribution >= 0.6 is 0 Å². The average molecular weight is 283 g/mol. The van der Waals surface area contributed by atoms with Crippen LogP contribution in [0.4, 0.5) is 4.39 Å². The Morgan fingerprint density at radius 1 is 0.952 bits per heavy atom. The zero-order chi connectivity index (χ0) is 14.7. The number of benzene rings is 2. The summed E-state index contributed by atoms with van der Waals surface area (Å²) in [5.41, 5.74) is 2.37. The van der Waals surface area contributed by atoms with E-state index in [0.29, 0.717) is 12.0 Å². The van der Waals surface area contributed by atoms with E-state index in [9.17, 15) is 4.39 Å². The third-order valence-corrected chi connectivity index (χ3v) is 4.58. The van der Waals surface area contributed by atoms with E-state index in [0.717, 1.165) is 5.56 Å². The van der Waals surface area contributed by atoms with Crippen LogP contribution in [0.1, 0.15) is 43.4 Å². The normalized spacial score (nSPS) is 23.1. The number of halogens is 1. The van der Waals surface area contributed by atoms with Gasteiger partial charge in [0.05, 0.1) is 6.04 Å². The first-order valence-corrected chi connectivity index (χ1v) is 7.80. The molecule has 1 N–H and O–H groups in total. The Labute approximate surface area is 126 Å². The number of hydrogen-bond acceptors (Lipinski definition) is 1. The summed E-state index contributed by atoms with van der Waals surface area (Å²) in [5, 5.41) is 3.80. The highest BCUT2D eigenvalue weighted by Gasteiger charge is 2.26. The van der Waals surface area contributed by atoms with E-state index in [4.69, 9.17) is 0 Å². The second-order valence-electron chi connectivity index (χ2n) is 6.08. The molecule has 110 valence electrons. The summed E-state index contributed by atoms with van der Waals surface area (Å²) < 4.78 is 13.2. The Hall–Kier alpha value is -1.67. The molecule has 0 spiro atoms. The van der Waals surface area contributed by atoms with E-state index in [2.05, 4.69) is 36.5 Å². The summed E-state index contributed by atoms with van der Waals surface area (Å²) in [6.45, 7) is 2.32. The van der Waals surface area contributed by atoms with Crippen molar-refractivity contribution < 1.29 is 4.39 Å². The van der Waals surface area contributed by atoms with Crippen molar-refractivity contribution in [1.29, 1.82) is 0 Å². The molecule has 0 aromatic heterocycles. The molecule has 21 heavy (non-hydrogen) atoms. The van der Waals surface area contributed by atoms with E-state index >= 15 is 0 Å². The Bertz CT molecular complexity index is 564. The molecule has 3 rings (SSSR count). The van der Waals surface area contributed by atoms with Crippen molar-refractivity contribution in [2.75, 3.05) is 0 Å². The lowest BCUT2D eigenvalue weighted by Crippen LogP contribution is -2.35. The largest absolute Gasteiger partial charge is 0.303 e. The fraction of sp³-hybridized carbons (Fsp3) is 0.368. The first-order valence-electron chi connectivity index (χ1n) is 7.80. The molecule has 2 aromatic rings. The van der Waals surface area contributed by atoms with Crippen molar-refractivity contribution >= 4 is 0 Å². The molecular weight excluding hydrogens is 261 g/mol. The molecule has 0 heterocycles. The maximum absolute atomic E-state index is 13.2. The van der Waals surface area contributed by atoms with Crippen LogP contribution in [0.2, 0.25) is 0 Å². The lowest BCUT2D eigenvalue weighted by molar-refractivity contribution is 0.399. The van der Waals surface area contributed by atoms with Crippen LogP contribution in [0.5, 0.6) is 0 Å². The van der Waals surface area contributed by atoms with Gasteiger partial charge in [0.1, 0.15) is 5.82 Å². The minimum absolute atomic E-state index is 0.136. The van der Waals surface area contributed by atoms with Crippen LogP contribution in [0.25, 0.3) is 0 Å². The molecule has 0 amide bonds. The van der Waals surface area contributed by atoms with E-state index in [1.54, 1.807) is 12.1 Å². The fourth-order valence-corrected chi connectivity index (χ4v) is 3.29. The number of hydrogen-bond donors (Lipinski definition) is 1. The minimum atomic E-state index is -0.181. The van der Waals surface area contributed by atoms with Gasteiger partial charge in [-0.3, -0.25) is 0 Å². The zero-order valence-corrected chi connectivity index (χ0v) is 12.4. The second kappa shape index (κ2) is 6.40. The maximum Gasteiger partial charge on any atom is 0.123 e.